The number of hydrogen-bond acceptors (Lipinski definition) is 6. The maximum Gasteiger partial charge on any atom is 0.271 e. The molecule has 4 rings (SSSR count). The molecule has 0 unspecified atom stereocenters. The number of nitrogens with two attached hydrogens (primary N) is 1. The topological polar surface area (TPSA) is 86.7 Å². The highest BCUT2D eigenvalue weighted by Gasteiger charge is 2.18. The van der Waals surface area contributed by atoms with Gasteiger partial charge in [0, 0.05) is 10.5 Å². The Balaban J connectivity index is 1.96. The highest BCUT2D eigenvalue weighted by molar-refractivity contribution is 7.98. The average molecular weight is 432 g/mol. The van der Waals surface area contributed by atoms with Crippen molar-refractivity contribution in [2.24, 2.45) is 0 Å². The van der Waals surface area contributed by atoms with Gasteiger partial charge in [-0.05, 0) is 55.9 Å². The summed E-state index contributed by atoms with van der Waals surface area (Å²) in [5.41, 5.74) is 8.97. The molecule has 6 nitrogen and oxygen atoms in total. The van der Waals surface area contributed by atoms with E-state index in [1.165, 1.54) is 5.56 Å². The van der Waals surface area contributed by atoms with Crippen molar-refractivity contribution in [3.63, 3.8) is 0 Å². The summed E-state index contributed by atoms with van der Waals surface area (Å²) in [6.07, 6.45) is 5.33. The molecule has 0 aliphatic heterocycles. The molecule has 2 heterocycles. The Hall–Kier alpha value is -3.19. The first-order valence-corrected chi connectivity index (χ1v) is 11.5. The molecule has 0 radical (unpaired) electrons. The molecule has 2 aromatic heterocycles. The van der Waals surface area contributed by atoms with Crippen LogP contribution in [-0.4, -0.2) is 25.8 Å². The second-order valence-electron chi connectivity index (χ2n) is 7.43. The maximum atomic E-state index is 13.6. The molecule has 0 atom stereocenters. The summed E-state index contributed by atoms with van der Waals surface area (Å²) in [5, 5.41) is 0.241. The van der Waals surface area contributed by atoms with E-state index in [9.17, 15) is 4.79 Å². The molecule has 2 aromatic carbocycles. The number of fused-ring (bicyclic) bond motifs is 1. The van der Waals surface area contributed by atoms with E-state index >= 15 is 0 Å². The smallest absolute Gasteiger partial charge is 0.271 e. The van der Waals surface area contributed by atoms with E-state index in [1.807, 2.05) is 42.7 Å². The molecule has 0 aliphatic rings. The lowest BCUT2D eigenvalue weighted by molar-refractivity contribution is 0.794. The molecule has 0 saturated carbocycles. The van der Waals surface area contributed by atoms with Crippen LogP contribution in [-0.2, 0) is 6.42 Å². The second kappa shape index (κ2) is 8.89. The minimum absolute atomic E-state index is 0.151. The Morgan fingerprint density at radius 3 is 2.35 bits per heavy atom. The van der Waals surface area contributed by atoms with Gasteiger partial charge in [0.15, 0.2) is 5.65 Å². The minimum Gasteiger partial charge on any atom is -0.383 e. The fourth-order valence-corrected chi connectivity index (χ4v) is 4.00. The number of nitrogens with zero attached hydrogens (tertiary/aromatic N) is 4. The van der Waals surface area contributed by atoms with Gasteiger partial charge in [0.1, 0.15) is 22.9 Å². The molecule has 7 heteroatoms. The molecule has 0 saturated heterocycles. The highest BCUT2D eigenvalue weighted by Crippen LogP contribution is 2.25. The Morgan fingerprint density at radius 1 is 1.00 bits per heavy atom. The predicted molar refractivity (Wildman–Crippen MR) is 128 cm³/mol. The van der Waals surface area contributed by atoms with E-state index < -0.39 is 0 Å². The zero-order valence-corrected chi connectivity index (χ0v) is 18.7. The van der Waals surface area contributed by atoms with E-state index in [0.29, 0.717) is 17.3 Å². The molecular formula is C24H25N5OS. The first-order valence-electron chi connectivity index (χ1n) is 10.3. The number of rotatable bonds is 6. The summed E-state index contributed by atoms with van der Waals surface area (Å²) in [7, 11) is 0. The van der Waals surface area contributed by atoms with Gasteiger partial charge in [-0.15, -0.1) is 11.8 Å². The monoisotopic (exact) mass is 431 g/mol. The van der Waals surface area contributed by atoms with Gasteiger partial charge < -0.3 is 5.73 Å². The SMILES string of the molecule is CCCCc1ccc(-n2c(-c3ccc(SC)cc3)nc3nc(C)nc(N)c3c2=O)cc1. The van der Waals surface area contributed by atoms with Crippen LogP contribution in [0.5, 0.6) is 0 Å². The van der Waals surface area contributed by atoms with Gasteiger partial charge in [-0.25, -0.2) is 15.0 Å². The van der Waals surface area contributed by atoms with Crippen molar-refractivity contribution in [3.8, 4) is 17.1 Å². The van der Waals surface area contributed by atoms with Crippen LogP contribution in [0.4, 0.5) is 5.82 Å². The molecule has 0 fully saturated rings. The number of nitrogen functional groups attached to an aromatic ring is 1. The normalized spacial score (nSPS) is 11.2. The van der Waals surface area contributed by atoms with Crippen molar-refractivity contribution in [2.45, 2.75) is 38.0 Å². The highest BCUT2D eigenvalue weighted by atomic mass is 32.2. The number of benzene rings is 2. The molecular weight excluding hydrogens is 406 g/mol. The first kappa shape index (κ1) is 21.1. The van der Waals surface area contributed by atoms with Crippen LogP contribution in [0, 0.1) is 6.92 Å². The van der Waals surface area contributed by atoms with Gasteiger partial charge in [-0.3, -0.25) is 9.36 Å². The van der Waals surface area contributed by atoms with Gasteiger partial charge in [0.05, 0.1) is 5.69 Å². The largest absolute Gasteiger partial charge is 0.383 e. The Bertz CT molecular complexity index is 1280. The van der Waals surface area contributed by atoms with Crippen LogP contribution in [0.15, 0.2) is 58.2 Å². The summed E-state index contributed by atoms with van der Waals surface area (Å²) in [6, 6.07) is 16.1. The quantitative estimate of drug-likeness (QED) is 0.441. The third-order valence-corrected chi connectivity index (χ3v) is 5.98. The van der Waals surface area contributed by atoms with Crippen molar-refractivity contribution in [2.75, 3.05) is 12.0 Å². The van der Waals surface area contributed by atoms with E-state index in [-0.39, 0.29) is 16.8 Å². The van der Waals surface area contributed by atoms with Gasteiger partial charge >= 0.3 is 0 Å². The number of anilines is 1. The van der Waals surface area contributed by atoms with Crippen LogP contribution in [0.1, 0.15) is 31.2 Å². The third kappa shape index (κ3) is 4.18. The van der Waals surface area contributed by atoms with Crippen LogP contribution < -0.4 is 11.3 Å². The maximum absolute atomic E-state index is 13.6. The van der Waals surface area contributed by atoms with Crippen molar-refractivity contribution < 1.29 is 0 Å². The predicted octanol–water partition coefficient (Wildman–Crippen LogP) is 4.80. The molecule has 4 aromatic rings. The van der Waals surface area contributed by atoms with Crippen molar-refractivity contribution in [3.05, 3.63) is 70.3 Å². The fourth-order valence-electron chi connectivity index (χ4n) is 3.59. The lowest BCUT2D eigenvalue weighted by Gasteiger charge is -2.15. The molecule has 0 bridgehead atoms. The van der Waals surface area contributed by atoms with E-state index in [0.717, 1.165) is 35.4 Å². The van der Waals surface area contributed by atoms with Gasteiger partial charge in [-0.2, -0.15) is 0 Å². The summed E-state index contributed by atoms with van der Waals surface area (Å²) in [5.74, 6) is 1.17. The number of thioether (sulfide) groups is 1. The number of hydrogen-bond donors (Lipinski definition) is 1. The Kier molecular flexibility index (Phi) is 6.04. The lowest BCUT2D eigenvalue weighted by Crippen LogP contribution is -2.24. The Morgan fingerprint density at radius 2 is 1.71 bits per heavy atom. The lowest BCUT2D eigenvalue weighted by atomic mass is 10.1. The van der Waals surface area contributed by atoms with Gasteiger partial charge in [0.25, 0.3) is 5.56 Å². The van der Waals surface area contributed by atoms with Gasteiger partial charge in [0.2, 0.25) is 0 Å². The number of aromatic nitrogens is 4. The summed E-state index contributed by atoms with van der Waals surface area (Å²) >= 11 is 1.66. The van der Waals surface area contributed by atoms with Crippen molar-refractivity contribution in [1.29, 1.82) is 0 Å². The minimum atomic E-state index is -0.271. The second-order valence-corrected chi connectivity index (χ2v) is 8.31. The standard InChI is InChI=1S/C24H25N5OS/c1-4-5-6-16-7-11-18(12-8-16)29-23(17-9-13-19(31-3)14-10-17)28-22-20(24(29)30)21(25)26-15(2)27-22/h7-14H,4-6H2,1-3H3,(H2,25,26,27). The molecule has 0 aliphatic carbocycles. The molecule has 0 spiro atoms. The van der Waals surface area contributed by atoms with E-state index in [4.69, 9.17) is 10.7 Å². The number of aryl methyl sites for hydroxylation is 2. The Labute approximate surface area is 185 Å². The molecule has 0 amide bonds. The molecule has 158 valence electrons. The zero-order valence-electron chi connectivity index (χ0n) is 17.9. The van der Waals surface area contributed by atoms with Gasteiger partial charge in [-0.1, -0.05) is 37.6 Å². The number of unbranched alkanes of at least 4 members (excludes halogenated alkanes) is 1. The average Bonchev–Trinajstić information content (AvgIpc) is 2.77. The zero-order chi connectivity index (χ0) is 22.0. The van der Waals surface area contributed by atoms with Crippen LogP contribution in [0.25, 0.3) is 28.1 Å². The third-order valence-electron chi connectivity index (χ3n) is 5.23. The first-order chi connectivity index (χ1) is 15.0. The molecule has 2 N–H and O–H groups in total. The van der Waals surface area contributed by atoms with Crippen molar-refractivity contribution in [1.82, 2.24) is 19.5 Å². The summed E-state index contributed by atoms with van der Waals surface area (Å²) < 4.78 is 1.61. The van der Waals surface area contributed by atoms with Crippen LogP contribution in [0.2, 0.25) is 0 Å². The summed E-state index contributed by atoms with van der Waals surface area (Å²) in [4.78, 5) is 28.1. The van der Waals surface area contributed by atoms with E-state index in [2.05, 4.69) is 29.0 Å². The van der Waals surface area contributed by atoms with E-state index in [1.54, 1.807) is 23.3 Å². The fraction of sp³-hybridized carbons (Fsp3) is 0.250. The summed E-state index contributed by atoms with van der Waals surface area (Å²) in [6.45, 7) is 3.92. The van der Waals surface area contributed by atoms with Crippen LogP contribution >= 0.6 is 11.8 Å². The van der Waals surface area contributed by atoms with Crippen molar-refractivity contribution >= 4 is 28.6 Å². The van der Waals surface area contributed by atoms with Crippen LogP contribution in [0.3, 0.4) is 0 Å². The molecule has 31 heavy (non-hydrogen) atoms.